The molecule has 0 amide bonds. The first kappa shape index (κ1) is 16.3. The van der Waals surface area contributed by atoms with Gasteiger partial charge < -0.3 is 10.1 Å². The summed E-state index contributed by atoms with van der Waals surface area (Å²) in [4.78, 5) is 6.62. The lowest BCUT2D eigenvalue weighted by Gasteiger charge is -2.12. The number of nitrogens with one attached hydrogen (secondary N) is 1. The van der Waals surface area contributed by atoms with Crippen molar-refractivity contribution in [3.63, 3.8) is 0 Å². The van der Waals surface area contributed by atoms with Gasteiger partial charge in [-0.25, -0.2) is 4.98 Å². The van der Waals surface area contributed by atoms with Crippen molar-refractivity contribution in [1.29, 1.82) is 0 Å². The molecular formula is C10H11F6N3O. The van der Waals surface area contributed by atoms with E-state index in [0.717, 1.165) is 0 Å². The van der Waals surface area contributed by atoms with Crippen LogP contribution in [0.2, 0.25) is 0 Å². The number of aromatic nitrogens is 2. The minimum atomic E-state index is -4.80. The zero-order chi connectivity index (χ0) is 15.4. The van der Waals surface area contributed by atoms with Crippen LogP contribution in [-0.2, 0) is 6.18 Å². The van der Waals surface area contributed by atoms with Gasteiger partial charge in [0.05, 0.1) is 0 Å². The molecule has 114 valence electrons. The van der Waals surface area contributed by atoms with Crippen LogP contribution in [0.4, 0.5) is 32.3 Å². The van der Waals surface area contributed by atoms with Gasteiger partial charge in [-0.15, -0.1) is 0 Å². The van der Waals surface area contributed by atoms with E-state index < -0.39 is 36.5 Å². The zero-order valence-corrected chi connectivity index (χ0v) is 10.3. The number of anilines is 1. The lowest BCUT2D eigenvalue weighted by Crippen LogP contribution is -2.21. The highest BCUT2D eigenvalue weighted by Gasteiger charge is 2.35. The molecule has 0 spiro atoms. The summed E-state index contributed by atoms with van der Waals surface area (Å²) >= 11 is 0. The maximum atomic E-state index is 12.5. The van der Waals surface area contributed by atoms with Crippen molar-refractivity contribution in [2.24, 2.45) is 0 Å². The molecule has 1 N–H and O–H groups in total. The molecule has 0 fully saturated rings. The van der Waals surface area contributed by atoms with Crippen LogP contribution >= 0.6 is 0 Å². The molecule has 0 aromatic carbocycles. The van der Waals surface area contributed by atoms with Gasteiger partial charge in [0.25, 0.3) is 0 Å². The minimum absolute atomic E-state index is 0.278. The monoisotopic (exact) mass is 303 g/mol. The Morgan fingerprint density at radius 1 is 1.15 bits per heavy atom. The van der Waals surface area contributed by atoms with Crippen molar-refractivity contribution in [2.45, 2.75) is 25.7 Å². The SMILES string of the molecule is CCCNc1nc(OCC(F)(F)F)cc(C(F)(F)F)n1. The molecule has 20 heavy (non-hydrogen) atoms. The Labute approximate surface area is 110 Å². The summed E-state index contributed by atoms with van der Waals surface area (Å²) in [5, 5.41) is 2.46. The first-order valence-electron chi connectivity index (χ1n) is 5.51. The quantitative estimate of drug-likeness (QED) is 0.848. The van der Waals surface area contributed by atoms with E-state index in [1.807, 2.05) is 0 Å². The molecule has 0 aliphatic heterocycles. The fraction of sp³-hybridized carbons (Fsp3) is 0.600. The topological polar surface area (TPSA) is 47.0 Å². The Hall–Kier alpha value is -1.74. The van der Waals surface area contributed by atoms with E-state index >= 15 is 0 Å². The van der Waals surface area contributed by atoms with Crippen LogP contribution in [0.3, 0.4) is 0 Å². The molecule has 1 aromatic rings. The van der Waals surface area contributed by atoms with Gasteiger partial charge in [0.15, 0.2) is 12.3 Å². The van der Waals surface area contributed by atoms with E-state index in [4.69, 9.17) is 0 Å². The minimum Gasteiger partial charge on any atom is -0.468 e. The van der Waals surface area contributed by atoms with Gasteiger partial charge in [0, 0.05) is 12.6 Å². The molecular weight excluding hydrogens is 292 g/mol. The number of alkyl halides is 6. The summed E-state index contributed by atoms with van der Waals surface area (Å²) in [6.45, 7) is 0.302. The van der Waals surface area contributed by atoms with Crippen LogP contribution in [0.1, 0.15) is 19.0 Å². The predicted octanol–water partition coefficient (Wildman–Crippen LogP) is 3.26. The fourth-order valence-electron chi connectivity index (χ4n) is 1.12. The van der Waals surface area contributed by atoms with Crippen molar-refractivity contribution in [1.82, 2.24) is 9.97 Å². The Bertz CT molecular complexity index is 446. The predicted molar refractivity (Wildman–Crippen MR) is 57.4 cm³/mol. The molecule has 0 bridgehead atoms. The molecule has 0 atom stereocenters. The maximum absolute atomic E-state index is 12.5. The van der Waals surface area contributed by atoms with Crippen molar-refractivity contribution >= 4 is 5.95 Å². The van der Waals surface area contributed by atoms with Crippen molar-refractivity contribution in [3.8, 4) is 5.88 Å². The number of rotatable bonds is 5. The highest BCUT2D eigenvalue weighted by Crippen LogP contribution is 2.30. The van der Waals surface area contributed by atoms with E-state index in [0.29, 0.717) is 12.5 Å². The molecule has 1 heterocycles. The lowest BCUT2D eigenvalue weighted by atomic mass is 10.4. The first-order valence-corrected chi connectivity index (χ1v) is 5.51. The van der Waals surface area contributed by atoms with Crippen LogP contribution in [-0.4, -0.2) is 29.3 Å². The maximum Gasteiger partial charge on any atom is 0.433 e. The summed E-state index contributed by atoms with van der Waals surface area (Å²) in [7, 11) is 0. The second-order valence-corrected chi connectivity index (χ2v) is 3.74. The second kappa shape index (κ2) is 6.14. The van der Waals surface area contributed by atoms with E-state index in [1.54, 1.807) is 6.92 Å². The van der Waals surface area contributed by atoms with Gasteiger partial charge >= 0.3 is 12.4 Å². The van der Waals surface area contributed by atoms with E-state index in [9.17, 15) is 26.3 Å². The largest absolute Gasteiger partial charge is 0.468 e. The lowest BCUT2D eigenvalue weighted by molar-refractivity contribution is -0.154. The van der Waals surface area contributed by atoms with Crippen LogP contribution in [0.25, 0.3) is 0 Å². The smallest absolute Gasteiger partial charge is 0.433 e. The van der Waals surface area contributed by atoms with E-state index in [-0.39, 0.29) is 6.54 Å². The Balaban J connectivity index is 2.97. The number of halogens is 6. The molecule has 0 saturated heterocycles. The molecule has 4 nitrogen and oxygen atoms in total. The number of hydrogen-bond donors (Lipinski definition) is 1. The highest BCUT2D eigenvalue weighted by atomic mass is 19.4. The highest BCUT2D eigenvalue weighted by molar-refractivity contribution is 5.32. The molecule has 0 radical (unpaired) electrons. The van der Waals surface area contributed by atoms with Crippen molar-refractivity contribution in [3.05, 3.63) is 11.8 Å². The zero-order valence-electron chi connectivity index (χ0n) is 10.3. The Kier molecular flexibility index (Phi) is 5.01. The Morgan fingerprint density at radius 2 is 1.80 bits per heavy atom. The molecule has 10 heteroatoms. The Morgan fingerprint density at radius 3 is 2.30 bits per heavy atom. The standard InChI is InChI=1S/C10H11F6N3O/c1-2-3-17-8-18-6(10(14,15)16)4-7(19-8)20-5-9(11,12)13/h4H,2-3,5H2,1H3,(H,17,18,19). The van der Waals surface area contributed by atoms with E-state index in [2.05, 4.69) is 20.0 Å². The average molecular weight is 303 g/mol. The summed E-state index contributed by atoms with van der Waals surface area (Å²) in [5.74, 6) is -1.22. The van der Waals surface area contributed by atoms with Crippen molar-refractivity contribution in [2.75, 3.05) is 18.5 Å². The number of nitrogens with zero attached hydrogens (tertiary/aromatic N) is 2. The van der Waals surface area contributed by atoms with E-state index in [1.165, 1.54) is 0 Å². The van der Waals surface area contributed by atoms with Gasteiger partial charge in [-0.3, -0.25) is 0 Å². The summed E-state index contributed by atoms with van der Waals surface area (Å²) in [5.41, 5.74) is -1.37. The molecule has 0 aliphatic carbocycles. The van der Waals surface area contributed by atoms with Crippen LogP contribution in [0, 0.1) is 0 Å². The third-order valence-electron chi connectivity index (χ3n) is 1.91. The molecule has 1 aromatic heterocycles. The van der Waals surface area contributed by atoms with Crippen LogP contribution in [0.15, 0.2) is 6.07 Å². The number of ether oxygens (including phenoxy) is 1. The third kappa shape index (κ3) is 5.49. The van der Waals surface area contributed by atoms with Crippen LogP contribution < -0.4 is 10.1 Å². The molecule has 0 saturated carbocycles. The summed E-state index contributed by atoms with van der Waals surface area (Å²) in [6.07, 6.45) is -8.89. The van der Waals surface area contributed by atoms with Gasteiger partial charge in [0.2, 0.25) is 11.8 Å². The van der Waals surface area contributed by atoms with Crippen molar-refractivity contribution < 1.29 is 31.1 Å². The summed E-state index contributed by atoms with van der Waals surface area (Å²) < 4.78 is 77.8. The normalized spacial score (nSPS) is 12.3. The molecule has 0 aliphatic rings. The first-order chi connectivity index (χ1) is 9.12. The number of hydrogen-bond acceptors (Lipinski definition) is 4. The van der Waals surface area contributed by atoms with Gasteiger partial charge in [-0.1, -0.05) is 6.92 Å². The van der Waals surface area contributed by atoms with Gasteiger partial charge in [-0.05, 0) is 6.42 Å². The average Bonchev–Trinajstić information content (AvgIpc) is 2.32. The second-order valence-electron chi connectivity index (χ2n) is 3.74. The molecule has 1 rings (SSSR count). The fourth-order valence-corrected chi connectivity index (χ4v) is 1.12. The van der Waals surface area contributed by atoms with Gasteiger partial charge in [0.1, 0.15) is 0 Å². The summed E-state index contributed by atoms with van der Waals surface area (Å²) in [6, 6.07) is 0.322. The third-order valence-corrected chi connectivity index (χ3v) is 1.91. The van der Waals surface area contributed by atoms with Gasteiger partial charge in [-0.2, -0.15) is 31.3 Å². The molecule has 0 unspecified atom stereocenters. The van der Waals surface area contributed by atoms with Crippen LogP contribution in [0.5, 0.6) is 5.88 Å².